The van der Waals surface area contributed by atoms with Gasteiger partial charge in [-0.05, 0) is 116 Å². The second-order valence-corrected chi connectivity index (χ2v) is 17.6. The summed E-state index contributed by atoms with van der Waals surface area (Å²) in [6.07, 6.45) is 10.3. The monoisotopic (exact) mass is 644 g/mol. The molecule has 0 heterocycles. The van der Waals surface area contributed by atoms with Crippen LogP contribution in [0.4, 0.5) is 0 Å². The molecule has 0 aliphatic heterocycles. The van der Waals surface area contributed by atoms with Crippen LogP contribution in [0.3, 0.4) is 0 Å². The molecular formula is C40H52O5S. The minimum absolute atomic E-state index is 0.0111. The Labute approximate surface area is 279 Å². The number of hydrogen-bond acceptors (Lipinski definition) is 6. The van der Waals surface area contributed by atoms with Crippen molar-refractivity contribution in [2.45, 2.75) is 123 Å². The first kappa shape index (κ1) is 33.3. The van der Waals surface area contributed by atoms with E-state index >= 15 is 0 Å². The molecule has 4 aliphatic carbocycles. The SMILES string of the molecule is CC(=O)Oc1cc2c(c(C)c1OC(C)=O)C(Sc1ccc(C)cc1)C=C1[C@@]2(C)CC[C@@]2(C)[C@@H]3C[C@](C)(CO)CC[C@]3(C)CC[C@]12C. The number of hydrogen-bond donors (Lipinski definition) is 1. The summed E-state index contributed by atoms with van der Waals surface area (Å²) in [5.74, 6) is 0.299. The number of thioether (sulfide) groups is 1. The van der Waals surface area contributed by atoms with E-state index in [1.165, 1.54) is 48.3 Å². The number of esters is 2. The number of ether oxygens (including phenoxy) is 2. The van der Waals surface area contributed by atoms with E-state index < -0.39 is 11.9 Å². The average Bonchev–Trinajstić information content (AvgIpc) is 2.99. The fraction of sp³-hybridized carbons (Fsp3) is 0.600. The molecule has 1 N–H and O–H groups in total. The Bertz CT molecular complexity index is 1610. The molecule has 6 heteroatoms. The lowest BCUT2D eigenvalue weighted by atomic mass is 9.34. The molecule has 3 fully saturated rings. The molecular weight excluding hydrogens is 593 g/mol. The molecule has 0 spiro atoms. The van der Waals surface area contributed by atoms with Gasteiger partial charge in [0.25, 0.3) is 0 Å². The predicted molar refractivity (Wildman–Crippen MR) is 184 cm³/mol. The van der Waals surface area contributed by atoms with E-state index in [1.54, 1.807) is 0 Å². The van der Waals surface area contributed by atoms with Gasteiger partial charge in [-0.3, -0.25) is 9.59 Å². The lowest BCUT2D eigenvalue weighted by Gasteiger charge is -2.70. The predicted octanol–water partition coefficient (Wildman–Crippen LogP) is 9.59. The summed E-state index contributed by atoms with van der Waals surface area (Å²) in [6, 6.07) is 10.7. The van der Waals surface area contributed by atoms with Crippen LogP contribution in [-0.4, -0.2) is 23.7 Å². The molecule has 0 bridgehead atoms. The Morgan fingerprint density at radius 2 is 1.54 bits per heavy atom. The Hall–Kier alpha value is -2.57. The quantitative estimate of drug-likeness (QED) is 0.199. The maximum Gasteiger partial charge on any atom is 0.308 e. The fourth-order valence-electron chi connectivity index (χ4n) is 10.2. The smallest absolute Gasteiger partial charge is 0.308 e. The number of aliphatic hydroxyl groups is 1. The summed E-state index contributed by atoms with van der Waals surface area (Å²) < 4.78 is 11.6. The molecule has 3 saturated carbocycles. The van der Waals surface area contributed by atoms with E-state index in [0.717, 1.165) is 43.2 Å². The number of benzene rings is 2. The van der Waals surface area contributed by atoms with Crippen LogP contribution >= 0.6 is 11.8 Å². The lowest BCUT2D eigenvalue weighted by molar-refractivity contribution is -0.163. The van der Waals surface area contributed by atoms with Crippen molar-refractivity contribution in [1.29, 1.82) is 0 Å². The molecule has 2 aromatic rings. The van der Waals surface area contributed by atoms with Crippen molar-refractivity contribution < 1.29 is 24.2 Å². The molecule has 6 rings (SSSR count). The molecule has 248 valence electrons. The van der Waals surface area contributed by atoms with Crippen molar-refractivity contribution in [3.63, 3.8) is 0 Å². The van der Waals surface area contributed by atoms with Gasteiger partial charge in [-0.1, -0.05) is 64.0 Å². The zero-order chi connectivity index (χ0) is 33.4. The van der Waals surface area contributed by atoms with Gasteiger partial charge >= 0.3 is 11.9 Å². The number of fused-ring (bicyclic) bond motifs is 7. The van der Waals surface area contributed by atoms with E-state index in [-0.39, 0.29) is 38.9 Å². The number of aryl methyl sites for hydroxylation is 1. The van der Waals surface area contributed by atoms with Gasteiger partial charge in [0.05, 0.1) is 5.25 Å². The summed E-state index contributed by atoms with van der Waals surface area (Å²) in [4.78, 5) is 25.9. The van der Waals surface area contributed by atoms with Crippen LogP contribution in [0.25, 0.3) is 0 Å². The first-order valence-electron chi connectivity index (χ1n) is 17.1. The van der Waals surface area contributed by atoms with Crippen molar-refractivity contribution in [3.8, 4) is 11.5 Å². The molecule has 0 amide bonds. The molecule has 4 aliphatic rings. The van der Waals surface area contributed by atoms with Crippen molar-refractivity contribution in [2.75, 3.05) is 6.61 Å². The maximum absolute atomic E-state index is 12.4. The van der Waals surface area contributed by atoms with E-state index in [2.05, 4.69) is 71.9 Å². The van der Waals surface area contributed by atoms with Gasteiger partial charge in [0, 0.05) is 36.3 Å². The highest BCUT2D eigenvalue weighted by atomic mass is 32.2. The topological polar surface area (TPSA) is 72.8 Å². The first-order valence-corrected chi connectivity index (χ1v) is 18.0. The molecule has 7 atom stereocenters. The van der Waals surface area contributed by atoms with Crippen molar-refractivity contribution >= 4 is 23.7 Å². The highest BCUT2D eigenvalue weighted by Crippen LogP contribution is 2.75. The molecule has 0 radical (unpaired) electrons. The third-order valence-corrected chi connectivity index (χ3v) is 14.5. The normalized spacial score (nSPS) is 36.3. The highest BCUT2D eigenvalue weighted by molar-refractivity contribution is 7.99. The average molecular weight is 645 g/mol. The highest BCUT2D eigenvalue weighted by Gasteiger charge is 2.66. The van der Waals surface area contributed by atoms with Crippen molar-refractivity contribution in [1.82, 2.24) is 0 Å². The maximum atomic E-state index is 12.4. The van der Waals surface area contributed by atoms with Crippen LogP contribution in [-0.2, 0) is 15.0 Å². The largest absolute Gasteiger partial charge is 0.423 e. The van der Waals surface area contributed by atoms with Gasteiger partial charge in [0.1, 0.15) is 0 Å². The number of carbonyl (C=O) groups is 2. The minimum atomic E-state index is -0.439. The second kappa shape index (κ2) is 11.3. The van der Waals surface area contributed by atoms with Gasteiger partial charge in [-0.15, -0.1) is 11.8 Å². The van der Waals surface area contributed by atoms with Crippen molar-refractivity contribution in [2.24, 2.45) is 27.6 Å². The molecule has 0 saturated heterocycles. The van der Waals surface area contributed by atoms with Crippen LogP contribution in [0.15, 0.2) is 46.9 Å². The van der Waals surface area contributed by atoms with Crippen LogP contribution < -0.4 is 9.47 Å². The van der Waals surface area contributed by atoms with Crippen molar-refractivity contribution in [3.05, 3.63) is 64.2 Å². The fourth-order valence-corrected chi connectivity index (χ4v) is 11.5. The molecule has 0 aromatic heterocycles. The number of aliphatic hydroxyl groups excluding tert-OH is 1. The van der Waals surface area contributed by atoms with Crippen LogP contribution in [0.1, 0.15) is 121 Å². The number of rotatable bonds is 5. The van der Waals surface area contributed by atoms with E-state index in [4.69, 9.17) is 9.47 Å². The summed E-state index contributed by atoms with van der Waals surface area (Å²) in [6.45, 7) is 19.5. The summed E-state index contributed by atoms with van der Waals surface area (Å²) >= 11 is 1.84. The standard InChI is InChI=1S/C40H52O5S/c1-24-10-12-28(13-11-24)46-31-21-32-38(7,29-20-30(44-26(3)42)35(45-27(4)43)25(2)34(29)31)17-19-40(9)33-22-36(5,23-41)14-15-37(33,6)16-18-39(32,40)8/h10-13,20-21,31,33,41H,14-19,22-23H2,1-9H3/t31?,33-,36-,37-,38+,39-,40+/m1/s1. The van der Waals surface area contributed by atoms with Crippen LogP contribution in [0, 0.1) is 41.4 Å². The molecule has 5 nitrogen and oxygen atoms in total. The second-order valence-electron chi connectivity index (χ2n) is 16.4. The minimum Gasteiger partial charge on any atom is -0.423 e. The number of allylic oxidation sites excluding steroid dienone is 1. The van der Waals surface area contributed by atoms with E-state index in [1.807, 2.05) is 24.8 Å². The number of carbonyl (C=O) groups excluding carboxylic acids is 2. The van der Waals surface area contributed by atoms with E-state index in [9.17, 15) is 14.7 Å². The molecule has 46 heavy (non-hydrogen) atoms. The molecule has 1 unspecified atom stereocenters. The molecule has 2 aromatic carbocycles. The van der Waals surface area contributed by atoms with Gasteiger partial charge in [-0.25, -0.2) is 0 Å². The Morgan fingerprint density at radius 3 is 2.17 bits per heavy atom. The summed E-state index contributed by atoms with van der Waals surface area (Å²) in [7, 11) is 0. The summed E-state index contributed by atoms with van der Waals surface area (Å²) in [5.41, 5.74) is 5.90. The van der Waals surface area contributed by atoms with E-state index in [0.29, 0.717) is 17.4 Å². The van der Waals surface area contributed by atoms with Crippen LogP contribution in [0.5, 0.6) is 11.5 Å². The van der Waals surface area contributed by atoms with Gasteiger partial charge in [-0.2, -0.15) is 0 Å². The van der Waals surface area contributed by atoms with Gasteiger partial charge in [0.15, 0.2) is 11.5 Å². The Balaban J connectivity index is 1.56. The third-order valence-electron chi connectivity index (χ3n) is 13.3. The Kier molecular flexibility index (Phi) is 8.16. The van der Waals surface area contributed by atoms with Gasteiger partial charge < -0.3 is 14.6 Å². The first-order chi connectivity index (χ1) is 21.5. The lowest BCUT2D eigenvalue weighted by Crippen LogP contribution is -2.62. The van der Waals surface area contributed by atoms with Crippen LogP contribution in [0.2, 0.25) is 0 Å². The summed E-state index contributed by atoms with van der Waals surface area (Å²) in [5, 5.41) is 10.5. The zero-order valence-electron chi connectivity index (χ0n) is 29.3. The Morgan fingerprint density at radius 1 is 0.891 bits per heavy atom. The zero-order valence-corrected chi connectivity index (χ0v) is 30.1. The third kappa shape index (κ3) is 5.08. The van der Waals surface area contributed by atoms with Gasteiger partial charge in [0.2, 0.25) is 0 Å².